The minimum Gasteiger partial charge on any atom is -0.480 e. The maximum Gasteiger partial charge on any atom is 0.320 e. The van der Waals surface area contributed by atoms with Crippen LogP contribution >= 0.6 is 0 Å². The van der Waals surface area contributed by atoms with Crippen LogP contribution in [0.25, 0.3) is 0 Å². The minimum atomic E-state index is -0.955. The van der Waals surface area contributed by atoms with E-state index >= 15 is 0 Å². The fourth-order valence-electron chi connectivity index (χ4n) is 2.10. The number of rotatable bonds is 5. The lowest BCUT2D eigenvalue weighted by molar-refractivity contribution is -0.139. The predicted octanol–water partition coefficient (Wildman–Crippen LogP) is -0.493. The number of terminal acetylenes is 1. The maximum atomic E-state index is 11.5. The quantitative estimate of drug-likeness (QED) is 0.444. The molecule has 0 radical (unpaired) electrons. The summed E-state index contributed by atoms with van der Waals surface area (Å²) in [6, 6.07) is -1.27. The molecule has 6 nitrogen and oxygen atoms in total. The number of hydroxylamine groups is 1. The fourth-order valence-corrected chi connectivity index (χ4v) is 2.10. The van der Waals surface area contributed by atoms with Crippen LogP contribution in [0, 0.1) is 18.4 Å². The van der Waals surface area contributed by atoms with Crippen LogP contribution in [0.4, 0.5) is 0 Å². The Kier molecular flexibility index (Phi) is 4.49. The molecular weight excluding hydrogens is 224 g/mol. The molecule has 4 atom stereocenters. The standard InChI is InChI=1S/C11H16N2O4/c1-4-17-13-6(2)10-8(7(3)14)5-9(12-10)11(15)16/h1,6,8-10,12-13H,5H2,2-3H3,(H,15,16)/t6?,8-,9+,10-/m0/s1. The minimum absolute atomic E-state index is 0.0411. The highest BCUT2D eigenvalue weighted by Gasteiger charge is 2.42. The molecule has 1 saturated heterocycles. The molecule has 1 rings (SSSR count). The first kappa shape index (κ1) is 13.5. The summed E-state index contributed by atoms with van der Waals surface area (Å²) >= 11 is 0. The molecule has 0 amide bonds. The van der Waals surface area contributed by atoms with Crippen molar-refractivity contribution < 1.29 is 19.5 Å². The zero-order chi connectivity index (χ0) is 13.0. The summed E-state index contributed by atoms with van der Waals surface area (Å²) in [6.07, 6.45) is 7.18. The van der Waals surface area contributed by atoms with Crippen molar-refractivity contribution in [1.29, 1.82) is 0 Å². The molecule has 94 valence electrons. The van der Waals surface area contributed by atoms with Crippen molar-refractivity contribution in [2.45, 2.75) is 38.4 Å². The zero-order valence-electron chi connectivity index (χ0n) is 9.77. The number of hydrogen-bond donors (Lipinski definition) is 3. The van der Waals surface area contributed by atoms with Crippen molar-refractivity contribution in [1.82, 2.24) is 10.8 Å². The number of hydrogen-bond acceptors (Lipinski definition) is 5. The van der Waals surface area contributed by atoms with E-state index in [2.05, 4.69) is 15.6 Å². The molecule has 17 heavy (non-hydrogen) atoms. The van der Waals surface area contributed by atoms with Gasteiger partial charge in [-0.15, -0.1) is 5.48 Å². The van der Waals surface area contributed by atoms with Gasteiger partial charge < -0.3 is 9.94 Å². The summed E-state index contributed by atoms with van der Waals surface area (Å²) in [5.41, 5.74) is 2.57. The van der Waals surface area contributed by atoms with Crippen molar-refractivity contribution in [2.24, 2.45) is 5.92 Å². The van der Waals surface area contributed by atoms with Gasteiger partial charge in [-0.1, -0.05) is 6.42 Å². The SMILES string of the molecule is C#CONC(C)[C@@H]1N[C@@H](C(=O)O)C[C@H]1C(C)=O. The number of nitrogens with one attached hydrogen (secondary N) is 2. The molecule has 0 aromatic heterocycles. The second kappa shape index (κ2) is 5.66. The molecule has 1 aliphatic heterocycles. The zero-order valence-corrected chi connectivity index (χ0v) is 9.77. The second-order valence-corrected chi connectivity index (χ2v) is 4.16. The Morgan fingerprint density at radius 2 is 2.29 bits per heavy atom. The molecule has 1 unspecified atom stereocenters. The lowest BCUT2D eigenvalue weighted by Crippen LogP contribution is -2.49. The van der Waals surface area contributed by atoms with E-state index in [0.717, 1.165) is 0 Å². The van der Waals surface area contributed by atoms with Crippen LogP contribution in [0.5, 0.6) is 0 Å². The van der Waals surface area contributed by atoms with E-state index in [1.807, 2.05) is 6.11 Å². The lowest BCUT2D eigenvalue weighted by Gasteiger charge is -2.23. The van der Waals surface area contributed by atoms with Crippen LogP contribution in [0.3, 0.4) is 0 Å². The van der Waals surface area contributed by atoms with Crippen LogP contribution in [0.1, 0.15) is 20.3 Å². The van der Waals surface area contributed by atoms with Gasteiger partial charge in [0.25, 0.3) is 0 Å². The Balaban J connectivity index is 2.71. The highest BCUT2D eigenvalue weighted by molar-refractivity contribution is 5.82. The van der Waals surface area contributed by atoms with Crippen molar-refractivity contribution in [2.75, 3.05) is 0 Å². The van der Waals surface area contributed by atoms with Crippen molar-refractivity contribution >= 4 is 11.8 Å². The van der Waals surface area contributed by atoms with E-state index in [4.69, 9.17) is 11.5 Å². The molecule has 0 aliphatic carbocycles. The van der Waals surface area contributed by atoms with E-state index < -0.39 is 12.0 Å². The number of Topliss-reactive ketones (excluding diaryl/α,β-unsaturated/α-hetero) is 1. The summed E-state index contributed by atoms with van der Waals surface area (Å²) in [4.78, 5) is 27.0. The number of ketones is 1. The largest absolute Gasteiger partial charge is 0.480 e. The number of carbonyl (C=O) groups excluding carboxylic acids is 1. The van der Waals surface area contributed by atoms with Crippen LogP contribution in [-0.2, 0) is 14.4 Å². The Morgan fingerprint density at radius 3 is 2.76 bits per heavy atom. The normalized spacial score (nSPS) is 29.4. The van der Waals surface area contributed by atoms with Gasteiger partial charge in [0.05, 0.1) is 6.04 Å². The first-order valence-electron chi connectivity index (χ1n) is 5.33. The summed E-state index contributed by atoms with van der Waals surface area (Å²) in [5.74, 6) is -1.34. The molecular formula is C11H16N2O4. The molecule has 1 heterocycles. The molecule has 0 bridgehead atoms. The number of carboxylic acid groups (broad SMARTS) is 1. The van der Waals surface area contributed by atoms with Crippen LogP contribution in [0.2, 0.25) is 0 Å². The van der Waals surface area contributed by atoms with E-state index in [1.165, 1.54) is 6.92 Å². The van der Waals surface area contributed by atoms with E-state index in [1.54, 1.807) is 6.92 Å². The number of carboxylic acids is 1. The number of carbonyl (C=O) groups is 2. The molecule has 1 aliphatic rings. The van der Waals surface area contributed by atoms with Gasteiger partial charge in [-0.25, -0.2) is 0 Å². The molecule has 0 saturated carbocycles. The van der Waals surface area contributed by atoms with E-state index in [-0.39, 0.29) is 30.2 Å². The van der Waals surface area contributed by atoms with E-state index in [0.29, 0.717) is 0 Å². The first-order valence-corrected chi connectivity index (χ1v) is 5.33. The summed E-state index contributed by atoms with van der Waals surface area (Å²) in [5, 5.41) is 11.8. The molecule has 0 aromatic rings. The van der Waals surface area contributed by atoms with Crippen molar-refractivity contribution in [3.63, 3.8) is 0 Å². The van der Waals surface area contributed by atoms with Gasteiger partial charge in [-0.2, -0.15) is 0 Å². The van der Waals surface area contributed by atoms with Gasteiger partial charge in [0.1, 0.15) is 17.9 Å². The Hall–Kier alpha value is -1.58. The van der Waals surface area contributed by atoms with Crippen LogP contribution in [0.15, 0.2) is 0 Å². The first-order chi connectivity index (χ1) is 7.97. The van der Waals surface area contributed by atoms with Crippen molar-refractivity contribution in [3.8, 4) is 12.5 Å². The van der Waals surface area contributed by atoms with Gasteiger partial charge in [0.2, 0.25) is 0 Å². The average molecular weight is 240 g/mol. The lowest BCUT2D eigenvalue weighted by atomic mass is 9.91. The predicted molar refractivity (Wildman–Crippen MR) is 59.7 cm³/mol. The molecule has 0 spiro atoms. The third kappa shape index (κ3) is 3.19. The summed E-state index contributed by atoms with van der Waals surface area (Å²) in [6.45, 7) is 3.23. The molecule has 3 N–H and O–H groups in total. The molecule has 6 heteroatoms. The average Bonchev–Trinajstić information content (AvgIpc) is 2.70. The molecule has 0 aromatic carbocycles. The van der Waals surface area contributed by atoms with E-state index in [9.17, 15) is 9.59 Å². The van der Waals surface area contributed by atoms with Gasteiger partial charge in [0.15, 0.2) is 0 Å². The number of aliphatic carboxylic acids is 1. The van der Waals surface area contributed by atoms with Crippen LogP contribution in [-0.4, -0.2) is 35.0 Å². The topological polar surface area (TPSA) is 87.7 Å². The third-order valence-electron chi connectivity index (χ3n) is 2.98. The third-order valence-corrected chi connectivity index (χ3v) is 2.98. The fraction of sp³-hybridized carbons (Fsp3) is 0.636. The molecule has 1 fully saturated rings. The summed E-state index contributed by atoms with van der Waals surface area (Å²) in [7, 11) is 0. The smallest absolute Gasteiger partial charge is 0.320 e. The van der Waals surface area contributed by atoms with Gasteiger partial charge >= 0.3 is 5.97 Å². The monoisotopic (exact) mass is 240 g/mol. The van der Waals surface area contributed by atoms with Gasteiger partial charge in [0, 0.05) is 12.0 Å². The van der Waals surface area contributed by atoms with Gasteiger partial charge in [-0.05, 0) is 20.3 Å². The van der Waals surface area contributed by atoms with Crippen molar-refractivity contribution in [3.05, 3.63) is 0 Å². The highest BCUT2D eigenvalue weighted by atomic mass is 16.6. The van der Waals surface area contributed by atoms with Gasteiger partial charge in [-0.3, -0.25) is 14.9 Å². The Bertz CT molecular complexity index is 350. The summed E-state index contributed by atoms with van der Waals surface area (Å²) < 4.78 is 0. The second-order valence-electron chi connectivity index (χ2n) is 4.16. The highest BCUT2D eigenvalue weighted by Crippen LogP contribution is 2.24. The Labute approximate surface area is 99.7 Å². The van der Waals surface area contributed by atoms with Crippen LogP contribution < -0.4 is 10.8 Å². The Morgan fingerprint density at radius 1 is 1.65 bits per heavy atom. The maximum absolute atomic E-state index is 11.5.